The summed E-state index contributed by atoms with van der Waals surface area (Å²) >= 11 is 5.85. The molecule has 0 spiro atoms. The van der Waals surface area contributed by atoms with Gasteiger partial charge in [0.25, 0.3) is 0 Å². The number of thioether (sulfide) groups is 1. The van der Waals surface area contributed by atoms with E-state index in [2.05, 4.69) is 22.7 Å². The molecule has 1 aromatic carbocycles. The van der Waals surface area contributed by atoms with E-state index in [9.17, 15) is 18.0 Å². The highest BCUT2D eigenvalue weighted by atomic mass is 32.2. The van der Waals surface area contributed by atoms with E-state index in [0.29, 0.717) is 11.4 Å². The molecule has 0 atom stereocenters. The standard InChI is InChI=1S/C13H14F3N3OS2/c1-2-6-17-12(21)19-18-11(20)8-22-10-5-3-4-9(7-10)13(14,15)16/h2-5,7H,1,6,8H2,(H,18,20)(H2,17,19,21). The van der Waals surface area contributed by atoms with Gasteiger partial charge >= 0.3 is 6.18 Å². The maximum Gasteiger partial charge on any atom is 0.416 e. The number of thiocarbonyl (C=S) groups is 1. The minimum Gasteiger partial charge on any atom is -0.358 e. The van der Waals surface area contributed by atoms with Crippen molar-refractivity contribution in [2.45, 2.75) is 11.1 Å². The second-order valence-corrected chi connectivity index (χ2v) is 5.44. The Morgan fingerprint density at radius 2 is 2.09 bits per heavy atom. The Kier molecular flexibility index (Phi) is 7.19. The zero-order valence-corrected chi connectivity index (χ0v) is 13.0. The van der Waals surface area contributed by atoms with Crippen LogP contribution in [0.5, 0.6) is 0 Å². The van der Waals surface area contributed by atoms with Gasteiger partial charge in [0.1, 0.15) is 0 Å². The van der Waals surface area contributed by atoms with Crippen LogP contribution in [-0.4, -0.2) is 23.3 Å². The molecule has 4 nitrogen and oxygen atoms in total. The van der Waals surface area contributed by atoms with E-state index in [1.54, 1.807) is 6.08 Å². The fourth-order valence-corrected chi connectivity index (χ4v) is 2.17. The van der Waals surface area contributed by atoms with Crippen molar-refractivity contribution in [1.82, 2.24) is 16.2 Å². The van der Waals surface area contributed by atoms with Gasteiger partial charge in [-0.15, -0.1) is 18.3 Å². The summed E-state index contributed by atoms with van der Waals surface area (Å²) in [5.41, 5.74) is 4.06. The van der Waals surface area contributed by atoms with Crippen molar-refractivity contribution in [3.63, 3.8) is 0 Å². The summed E-state index contributed by atoms with van der Waals surface area (Å²) in [6, 6.07) is 4.80. The molecule has 9 heteroatoms. The molecule has 0 aromatic heterocycles. The first-order valence-corrected chi connectivity index (χ1v) is 7.46. The molecule has 1 aromatic rings. The highest BCUT2D eigenvalue weighted by Crippen LogP contribution is 2.31. The lowest BCUT2D eigenvalue weighted by Gasteiger charge is -2.11. The van der Waals surface area contributed by atoms with Crippen LogP contribution in [0.1, 0.15) is 5.56 Å². The number of carbonyl (C=O) groups is 1. The zero-order valence-electron chi connectivity index (χ0n) is 11.4. The molecule has 3 N–H and O–H groups in total. The molecule has 120 valence electrons. The fraction of sp³-hybridized carbons (Fsp3) is 0.231. The van der Waals surface area contributed by atoms with E-state index in [1.165, 1.54) is 12.1 Å². The van der Waals surface area contributed by atoms with Crippen molar-refractivity contribution >= 4 is 35.0 Å². The van der Waals surface area contributed by atoms with Crippen molar-refractivity contribution in [2.24, 2.45) is 0 Å². The Bertz CT molecular complexity index is 550. The lowest BCUT2D eigenvalue weighted by atomic mass is 10.2. The minimum absolute atomic E-state index is 0.0433. The third kappa shape index (κ3) is 6.81. The molecular weight excluding hydrogens is 335 g/mol. The van der Waals surface area contributed by atoms with Gasteiger partial charge in [0.2, 0.25) is 5.91 Å². The first-order chi connectivity index (χ1) is 10.3. The molecule has 0 heterocycles. The highest BCUT2D eigenvalue weighted by Gasteiger charge is 2.30. The number of hydrogen-bond donors (Lipinski definition) is 3. The van der Waals surface area contributed by atoms with Crippen molar-refractivity contribution in [3.8, 4) is 0 Å². The van der Waals surface area contributed by atoms with E-state index < -0.39 is 17.6 Å². The monoisotopic (exact) mass is 349 g/mol. The molecule has 1 rings (SSSR count). The van der Waals surface area contributed by atoms with Crippen molar-refractivity contribution in [2.75, 3.05) is 12.3 Å². The van der Waals surface area contributed by atoms with E-state index in [0.717, 1.165) is 23.9 Å². The van der Waals surface area contributed by atoms with Gasteiger partial charge in [0.05, 0.1) is 11.3 Å². The number of amides is 1. The number of carbonyl (C=O) groups excluding carboxylic acids is 1. The van der Waals surface area contributed by atoms with Crippen LogP contribution in [0.15, 0.2) is 41.8 Å². The van der Waals surface area contributed by atoms with Gasteiger partial charge in [-0.3, -0.25) is 15.6 Å². The van der Waals surface area contributed by atoms with E-state index in [-0.39, 0.29) is 10.9 Å². The van der Waals surface area contributed by atoms with Crippen LogP contribution in [0.3, 0.4) is 0 Å². The third-order valence-corrected chi connectivity index (χ3v) is 3.49. The number of halogens is 3. The summed E-state index contributed by atoms with van der Waals surface area (Å²) < 4.78 is 37.7. The van der Waals surface area contributed by atoms with E-state index >= 15 is 0 Å². The van der Waals surface area contributed by atoms with Gasteiger partial charge in [-0.1, -0.05) is 12.1 Å². The molecule has 22 heavy (non-hydrogen) atoms. The van der Waals surface area contributed by atoms with Crippen LogP contribution in [-0.2, 0) is 11.0 Å². The summed E-state index contributed by atoms with van der Waals surface area (Å²) in [7, 11) is 0. The Labute approximate surface area is 135 Å². The maximum absolute atomic E-state index is 12.6. The lowest BCUT2D eigenvalue weighted by molar-refractivity contribution is -0.137. The molecule has 0 saturated carbocycles. The minimum atomic E-state index is -4.40. The normalized spacial score (nSPS) is 10.7. The summed E-state index contributed by atoms with van der Waals surface area (Å²) in [4.78, 5) is 11.9. The largest absolute Gasteiger partial charge is 0.416 e. The summed E-state index contributed by atoms with van der Waals surface area (Å²) in [6.45, 7) is 3.94. The van der Waals surface area contributed by atoms with Gasteiger partial charge in [-0.2, -0.15) is 13.2 Å². The average Bonchev–Trinajstić information content (AvgIpc) is 2.48. The van der Waals surface area contributed by atoms with Crippen molar-refractivity contribution in [1.29, 1.82) is 0 Å². The topological polar surface area (TPSA) is 53.2 Å². The molecule has 0 unspecified atom stereocenters. The molecule has 1 amide bonds. The Hall–Kier alpha value is -1.74. The SMILES string of the molecule is C=CCNC(=S)NNC(=O)CSc1cccc(C(F)(F)F)c1. The van der Waals surface area contributed by atoms with Crippen LogP contribution in [0.4, 0.5) is 13.2 Å². The molecule has 0 aliphatic rings. The van der Waals surface area contributed by atoms with Crippen LogP contribution in [0, 0.1) is 0 Å². The molecule has 0 aliphatic carbocycles. The van der Waals surface area contributed by atoms with Crippen molar-refractivity contribution < 1.29 is 18.0 Å². The van der Waals surface area contributed by atoms with Crippen LogP contribution in [0.2, 0.25) is 0 Å². The lowest BCUT2D eigenvalue weighted by Crippen LogP contribution is -2.47. The second-order valence-electron chi connectivity index (χ2n) is 3.99. The highest BCUT2D eigenvalue weighted by molar-refractivity contribution is 8.00. The quantitative estimate of drug-likeness (QED) is 0.330. The number of nitrogens with one attached hydrogen (secondary N) is 3. The summed E-state index contributed by atoms with van der Waals surface area (Å²) in [6.07, 6.45) is -2.80. The number of rotatable bonds is 5. The summed E-state index contributed by atoms with van der Waals surface area (Å²) in [5.74, 6) is -0.455. The van der Waals surface area contributed by atoms with Crippen LogP contribution in [0.25, 0.3) is 0 Å². The zero-order chi connectivity index (χ0) is 16.6. The van der Waals surface area contributed by atoms with Gasteiger partial charge in [-0.05, 0) is 30.4 Å². The molecular formula is C13H14F3N3OS2. The molecule has 0 aliphatic heterocycles. The predicted octanol–water partition coefficient (Wildman–Crippen LogP) is 2.48. The molecule has 0 bridgehead atoms. The number of hydrazine groups is 1. The van der Waals surface area contributed by atoms with Gasteiger partial charge in [0, 0.05) is 11.4 Å². The van der Waals surface area contributed by atoms with Crippen LogP contribution < -0.4 is 16.2 Å². The number of benzene rings is 1. The van der Waals surface area contributed by atoms with Gasteiger partial charge in [0.15, 0.2) is 5.11 Å². The van der Waals surface area contributed by atoms with Gasteiger partial charge < -0.3 is 5.32 Å². The number of alkyl halides is 3. The Balaban J connectivity index is 2.41. The average molecular weight is 349 g/mol. The maximum atomic E-state index is 12.6. The third-order valence-electron chi connectivity index (χ3n) is 2.25. The second kappa shape index (κ2) is 8.64. The van der Waals surface area contributed by atoms with E-state index in [4.69, 9.17) is 12.2 Å². The molecule has 0 saturated heterocycles. The van der Waals surface area contributed by atoms with Crippen molar-refractivity contribution in [3.05, 3.63) is 42.5 Å². The molecule has 0 fully saturated rings. The fourth-order valence-electron chi connectivity index (χ4n) is 1.28. The Morgan fingerprint density at radius 3 is 2.73 bits per heavy atom. The van der Waals surface area contributed by atoms with E-state index in [1.807, 2.05) is 0 Å². The molecule has 0 radical (unpaired) electrons. The predicted molar refractivity (Wildman–Crippen MR) is 84.2 cm³/mol. The first kappa shape index (κ1) is 18.3. The first-order valence-electron chi connectivity index (χ1n) is 6.06. The van der Waals surface area contributed by atoms with Gasteiger partial charge in [-0.25, -0.2) is 0 Å². The smallest absolute Gasteiger partial charge is 0.358 e. The number of hydrogen-bond acceptors (Lipinski definition) is 3. The van der Waals surface area contributed by atoms with Crippen LogP contribution >= 0.6 is 24.0 Å². The Morgan fingerprint density at radius 1 is 1.36 bits per heavy atom. The summed E-state index contributed by atoms with van der Waals surface area (Å²) in [5, 5.41) is 2.96.